The lowest BCUT2D eigenvalue weighted by Crippen LogP contribution is -2.34. The molecule has 1 unspecified atom stereocenters. The van der Waals surface area contributed by atoms with Gasteiger partial charge in [0.25, 0.3) is 0 Å². The Balaban J connectivity index is 1.69. The standard InChI is InChI=1S/C13H20N2O4/c1-2-19-12(17)5-6-14-13(18)9-7-11(16)15(8-9)10-3-4-10/h9-10H,2-8H2,1H3,(H,14,18). The minimum absolute atomic E-state index is 0.0769. The molecule has 106 valence electrons. The number of nitrogens with zero attached hydrogens (tertiary/aromatic N) is 1. The molecule has 6 nitrogen and oxygen atoms in total. The minimum Gasteiger partial charge on any atom is -0.466 e. The van der Waals surface area contributed by atoms with Gasteiger partial charge in [-0.05, 0) is 19.8 Å². The van der Waals surface area contributed by atoms with Gasteiger partial charge in [-0.15, -0.1) is 0 Å². The molecule has 1 saturated heterocycles. The molecular formula is C13H20N2O4. The maximum atomic E-state index is 11.9. The summed E-state index contributed by atoms with van der Waals surface area (Å²) in [6.45, 7) is 2.88. The van der Waals surface area contributed by atoms with Crippen molar-refractivity contribution in [3.63, 3.8) is 0 Å². The molecule has 1 aliphatic carbocycles. The van der Waals surface area contributed by atoms with Crippen LogP contribution in [0.2, 0.25) is 0 Å². The third-order valence-electron chi connectivity index (χ3n) is 3.45. The molecule has 0 aromatic rings. The van der Waals surface area contributed by atoms with Gasteiger partial charge in [0.1, 0.15) is 0 Å². The van der Waals surface area contributed by atoms with Gasteiger partial charge < -0.3 is 15.0 Å². The summed E-state index contributed by atoms with van der Waals surface area (Å²) in [5.41, 5.74) is 0. The molecule has 0 aromatic carbocycles. The van der Waals surface area contributed by atoms with E-state index in [4.69, 9.17) is 4.74 Å². The predicted molar refractivity (Wildman–Crippen MR) is 67.1 cm³/mol. The number of likely N-dealkylation sites (tertiary alicyclic amines) is 1. The molecule has 2 amide bonds. The van der Waals surface area contributed by atoms with Crippen LogP contribution in [-0.2, 0) is 19.1 Å². The minimum atomic E-state index is -0.315. The second-order valence-electron chi connectivity index (χ2n) is 5.02. The van der Waals surface area contributed by atoms with E-state index in [1.165, 1.54) is 0 Å². The highest BCUT2D eigenvalue weighted by molar-refractivity contribution is 5.89. The van der Waals surface area contributed by atoms with Gasteiger partial charge in [-0.2, -0.15) is 0 Å². The van der Waals surface area contributed by atoms with E-state index in [0.29, 0.717) is 25.6 Å². The van der Waals surface area contributed by atoms with Crippen molar-refractivity contribution in [3.8, 4) is 0 Å². The van der Waals surface area contributed by atoms with Crippen LogP contribution in [0.5, 0.6) is 0 Å². The summed E-state index contributed by atoms with van der Waals surface area (Å²) in [5.74, 6) is -0.644. The number of rotatable bonds is 6. The summed E-state index contributed by atoms with van der Waals surface area (Å²) in [4.78, 5) is 36.5. The molecule has 2 fully saturated rings. The van der Waals surface area contributed by atoms with Crippen molar-refractivity contribution in [3.05, 3.63) is 0 Å². The van der Waals surface area contributed by atoms with Gasteiger partial charge in [-0.1, -0.05) is 0 Å². The van der Waals surface area contributed by atoms with Crippen molar-refractivity contribution in [2.45, 2.75) is 38.6 Å². The highest BCUT2D eigenvalue weighted by Gasteiger charge is 2.41. The van der Waals surface area contributed by atoms with Crippen LogP contribution in [0.25, 0.3) is 0 Å². The van der Waals surface area contributed by atoms with Gasteiger partial charge in [0.05, 0.1) is 18.9 Å². The lowest BCUT2D eigenvalue weighted by atomic mass is 10.1. The van der Waals surface area contributed by atoms with Crippen LogP contribution in [0.1, 0.15) is 32.6 Å². The predicted octanol–water partition coefficient (Wildman–Crippen LogP) is 0.0667. The fourth-order valence-corrected chi connectivity index (χ4v) is 2.31. The molecule has 2 aliphatic rings. The number of hydrogen-bond acceptors (Lipinski definition) is 4. The van der Waals surface area contributed by atoms with Crippen LogP contribution >= 0.6 is 0 Å². The third-order valence-corrected chi connectivity index (χ3v) is 3.45. The Kier molecular flexibility index (Phi) is 4.39. The number of carbonyl (C=O) groups excluding carboxylic acids is 3. The van der Waals surface area contributed by atoms with E-state index in [2.05, 4.69) is 5.32 Å². The highest BCUT2D eigenvalue weighted by atomic mass is 16.5. The molecule has 1 atom stereocenters. The van der Waals surface area contributed by atoms with Gasteiger partial charge in [-0.25, -0.2) is 0 Å². The summed E-state index contributed by atoms with van der Waals surface area (Å²) in [6.07, 6.45) is 2.58. The molecule has 6 heteroatoms. The smallest absolute Gasteiger partial charge is 0.307 e. The van der Waals surface area contributed by atoms with E-state index in [9.17, 15) is 14.4 Å². The average Bonchev–Trinajstić information content (AvgIpc) is 3.13. The van der Waals surface area contributed by atoms with Crippen LogP contribution in [0, 0.1) is 5.92 Å². The number of esters is 1. The molecule has 2 rings (SSSR count). The Morgan fingerprint density at radius 1 is 1.42 bits per heavy atom. The quantitative estimate of drug-likeness (QED) is 0.692. The summed E-state index contributed by atoms with van der Waals surface area (Å²) < 4.78 is 4.77. The largest absolute Gasteiger partial charge is 0.466 e. The van der Waals surface area contributed by atoms with Crippen molar-refractivity contribution in [1.29, 1.82) is 0 Å². The second kappa shape index (κ2) is 6.04. The first-order valence-corrected chi connectivity index (χ1v) is 6.84. The summed E-state index contributed by atoms with van der Waals surface area (Å²) in [7, 11) is 0. The third kappa shape index (κ3) is 3.68. The normalized spacial score (nSPS) is 22.5. The van der Waals surface area contributed by atoms with Crippen LogP contribution in [0.15, 0.2) is 0 Å². The molecule has 19 heavy (non-hydrogen) atoms. The molecule has 1 heterocycles. The first-order chi connectivity index (χ1) is 9.11. The van der Waals surface area contributed by atoms with Crippen LogP contribution in [-0.4, -0.2) is 48.4 Å². The molecule has 1 N–H and O–H groups in total. The summed E-state index contributed by atoms with van der Waals surface area (Å²) >= 11 is 0. The maximum Gasteiger partial charge on any atom is 0.307 e. The Bertz CT molecular complexity index is 379. The Morgan fingerprint density at radius 3 is 2.79 bits per heavy atom. The van der Waals surface area contributed by atoms with E-state index in [-0.39, 0.29) is 36.7 Å². The van der Waals surface area contributed by atoms with Gasteiger partial charge in [0.15, 0.2) is 0 Å². The van der Waals surface area contributed by atoms with Crippen molar-refractivity contribution in [1.82, 2.24) is 10.2 Å². The topological polar surface area (TPSA) is 75.7 Å². The van der Waals surface area contributed by atoms with Crippen molar-refractivity contribution in [2.24, 2.45) is 5.92 Å². The molecular weight excluding hydrogens is 248 g/mol. The Labute approximate surface area is 112 Å². The summed E-state index contributed by atoms with van der Waals surface area (Å²) in [5, 5.41) is 2.70. The van der Waals surface area contributed by atoms with Gasteiger partial charge in [0, 0.05) is 25.6 Å². The van der Waals surface area contributed by atoms with E-state index < -0.39 is 0 Å². The molecule has 0 bridgehead atoms. The molecule has 0 aromatic heterocycles. The monoisotopic (exact) mass is 268 g/mol. The zero-order valence-electron chi connectivity index (χ0n) is 11.2. The van der Waals surface area contributed by atoms with E-state index in [0.717, 1.165) is 12.8 Å². The van der Waals surface area contributed by atoms with Crippen molar-refractivity contribution in [2.75, 3.05) is 19.7 Å². The average molecular weight is 268 g/mol. The zero-order chi connectivity index (χ0) is 13.8. The fourth-order valence-electron chi connectivity index (χ4n) is 2.31. The maximum absolute atomic E-state index is 11.9. The van der Waals surface area contributed by atoms with E-state index in [1.807, 2.05) is 4.90 Å². The van der Waals surface area contributed by atoms with E-state index >= 15 is 0 Å². The second-order valence-corrected chi connectivity index (χ2v) is 5.02. The van der Waals surface area contributed by atoms with E-state index in [1.54, 1.807) is 6.92 Å². The number of amides is 2. The number of hydrogen-bond donors (Lipinski definition) is 1. The van der Waals surface area contributed by atoms with Crippen molar-refractivity contribution >= 4 is 17.8 Å². The van der Waals surface area contributed by atoms with Crippen LogP contribution < -0.4 is 5.32 Å². The fraction of sp³-hybridized carbons (Fsp3) is 0.769. The lowest BCUT2D eigenvalue weighted by Gasteiger charge is -2.15. The van der Waals surface area contributed by atoms with Crippen molar-refractivity contribution < 1.29 is 19.1 Å². The molecule has 1 aliphatic heterocycles. The first-order valence-electron chi connectivity index (χ1n) is 6.84. The number of ether oxygens (including phenoxy) is 1. The Morgan fingerprint density at radius 2 is 2.16 bits per heavy atom. The lowest BCUT2D eigenvalue weighted by molar-refractivity contribution is -0.143. The molecule has 0 spiro atoms. The van der Waals surface area contributed by atoms with Crippen LogP contribution in [0.4, 0.5) is 0 Å². The van der Waals surface area contributed by atoms with Gasteiger partial charge in [-0.3, -0.25) is 14.4 Å². The summed E-state index contributed by atoms with van der Waals surface area (Å²) in [6, 6.07) is 0.366. The molecule has 0 radical (unpaired) electrons. The zero-order valence-corrected chi connectivity index (χ0v) is 11.2. The number of nitrogens with one attached hydrogen (secondary N) is 1. The SMILES string of the molecule is CCOC(=O)CCNC(=O)C1CC(=O)N(C2CC2)C1. The van der Waals surface area contributed by atoms with Gasteiger partial charge >= 0.3 is 5.97 Å². The van der Waals surface area contributed by atoms with Gasteiger partial charge in [0.2, 0.25) is 11.8 Å². The highest BCUT2D eigenvalue weighted by Crippen LogP contribution is 2.32. The Hall–Kier alpha value is -1.59. The van der Waals surface area contributed by atoms with Crippen LogP contribution in [0.3, 0.4) is 0 Å². The first kappa shape index (κ1) is 13.8. The molecule has 1 saturated carbocycles. The number of carbonyl (C=O) groups is 3.